The lowest BCUT2D eigenvalue weighted by Crippen LogP contribution is -2.24. The number of thioether (sulfide) groups is 1. The molecule has 12 nitrogen and oxygen atoms in total. The third-order valence-electron chi connectivity index (χ3n) is 5.16. The van der Waals surface area contributed by atoms with E-state index in [0.29, 0.717) is 34.4 Å². The summed E-state index contributed by atoms with van der Waals surface area (Å²) < 4.78 is 39.0. The van der Waals surface area contributed by atoms with E-state index in [1.54, 1.807) is 12.5 Å². The number of H-pyrrole nitrogens is 1. The van der Waals surface area contributed by atoms with Crippen molar-refractivity contribution in [3.63, 3.8) is 0 Å². The number of anilines is 1. The van der Waals surface area contributed by atoms with Gasteiger partial charge in [-0.2, -0.15) is 5.10 Å². The smallest absolute Gasteiger partial charge is 0.268 e. The van der Waals surface area contributed by atoms with Crippen LogP contribution < -0.4 is 10.5 Å². The van der Waals surface area contributed by atoms with E-state index in [4.69, 9.17) is 15.2 Å². The fourth-order valence-electron chi connectivity index (χ4n) is 3.62. The Morgan fingerprint density at radius 1 is 1.26 bits per heavy atom. The van der Waals surface area contributed by atoms with Crippen molar-refractivity contribution in [2.75, 3.05) is 18.5 Å². The average molecular weight is 515 g/mol. The lowest BCUT2D eigenvalue weighted by molar-refractivity contribution is -0.0269. The molecule has 4 N–H and O–H groups in total. The summed E-state index contributed by atoms with van der Waals surface area (Å²) in [5, 5.41) is 8.07. The van der Waals surface area contributed by atoms with Crippen molar-refractivity contribution in [2.45, 2.75) is 24.4 Å². The molecule has 0 radical (unpaired) electrons. The number of nitrogens with zero attached hydrogens (tertiary/aromatic N) is 5. The van der Waals surface area contributed by atoms with Gasteiger partial charge in [0.2, 0.25) is 15.1 Å². The Labute approximate surface area is 205 Å². The molecule has 1 aromatic carbocycles. The number of imidazole rings is 1. The number of benzene rings is 1. The third-order valence-corrected chi connectivity index (χ3v) is 6.77. The van der Waals surface area contributed by atoms with E-state index in [9.17, 15) is 8.42 Å². The van der Waals surface area contributed by atoms with Crippen LogP contribution in [0.1, 0.15) is 18.3 Å². The highest BCUT2D eigenvalue weighted by Crippen LogP contribution is 2.40. The minimum atomic E-state index is -3.27. The normalized spacial score (nSPS) is 15.7. The third kappa shape index (κ3) is 5.08. The second kappa shape index (κ2) is 9.56. The maximum atomic E-state index is 11.4. The fraction of sp³-hybridized carbons (Fsp3) is 0.238. The predicted molar refractivity (Wildman–Crippen MR) is 130 cm³/mol. The van der Waals surface area contributed by atoms with Crippen LogP contribution in [0.15, 0.2) is 59.4 Å². The molecule has 3 aromatic heterocycles. The summed E-state index contributed by atoms with van der Waals surface area (Å²) in [4.78, 5) is 12.9. The minimum absolute atomic E-state index is 0.258. The SMILES string of the molecule is CS(=O)(=O)NCCCn1c(SC2=COC(c3ccccc3-c3ccn[nH]3)O2)nc2c(N)ncnc21. The number of nitrogens with one attached hydrogen (secondary N) is 2. The Morgan fingerprint density at radius 3 is 2.91 bits per heavy atom. The molecule has 1 aliphatic heterocycles. The highest BCUT2D eigenvalue weighted by atomic mass is 32.2. The molecule has 182 valence electrons. The van der Waals surface area contributed by atoms with Crippen molar-refractivity contribution in [2.24, 2.45) is 0 Å². The van der Waals surface area contributed by atoms with Crippen molar-refractivity contribution >= 4 is 38.8 Å². The Kier molecular flexibility index (Phi) is 6.32. The van der Waals surface area contributed by atoms with Crippen molar-refractivity contribution in [3.8, 4) is 11.3 Å². The highest BCUT2D eigenvalue weighted by molar-refractivity contribution is 8.02. The summed E-state index contributed by atoms with van der Waals surface area (Å²) in [6.45, 7) is 0.732. The van der Waals surface area contributed by atoms with Crippen molar-refractivity contribution < 1.29 is 17.9 Å². The zero-order valence-corrected chi connectivity index (χ0v) is 20.2. The average Bonchev–Trinajstić information content (AvgIpc) is 3.58. The van der Waals surface area contributed by atoms with Gasteiger partial charge in [0.25, 0.3) is 6.29 Å². The number of rotatable bonds is 9. The maximum Gasteiger partial charge on any atom is 0.268 e. The van der Waals surface area contributed by atoms with Crippen LogP contribution >= 0.6 is 11.8 Å². The van der Waals surface area contributed by atoms with Crippen molar-refractivity contribution in [1.29, 1.82) is 0 Å². The molecule has 0 bridgehead atoms. The van der Waals surface area contributed by atoms with Gasteiger partial charge in [-0.1, -0.05) is 24.3 Å². The molecule has 4 aromatic rings. The second-order valence-corrected chi connectivity index (χ2v) is 10.5. The van der Waals surface area contributed by atoms with Gasteiger partial charge in [-0.25, -0.2) is 28.1 Å². The number of fused-ring (bicyclic) bond motifs is 1. The number of aromatic amines is 1. The van der Waals surface area contributed by atoms with Crippen LogP contribution in [0, 0.1) is 0 Å². The van der Waals surface area contributed by atoms with E-state index in [-0.39, 0.29) is 12.4 Å². The van der Waals surface area contributed by atoms with E-state index in [1.807, 2.05) is 34.9 Å². The summed E-state index contributed by atoms with van der Waals surface area (Å²) in [7, 11) is -3.27. The van der Waals surface area contributed by atoms with E-state index in [0.717, 1.165) is 23.1 Å². The van der Waals surface area contributed by atoms with Gasteiger partial charge in [0.05, 0.1) is 11.9 Å². The van der Waals surface area contributed by atoms with E-state index in [1.165, 1.54) is 18.1 Å². The summed E-state index contributed by atoms with van der Waals surface area (Å²) in [5.41, 5.74) is 9.65. The topological polar surface area (TPSA) is 163 Å². The second-order valence-electron chi connectivity index (χ2n) is 7.68. The standard InChI is InChI=1S/C21H22N8O4S2/c1-35(30,31)26-8-4-10-29-19-17(18(22)23-12-24-19)27-21(29)34-16-11-32-20(33-16)14-6-3-2-5-13(14)15-7-9-25-28-15/h2-3,5-7,9,11-12,20,26H,4,8,10H2,1H3,(H,25,28)(H2,22,23,24). The lowest BCUT2D eigenvalue weighted by atomic mass is 10.0. The Hall–Kier alpha value is -3.62. The minimum Gasteiger partial charge on any atom is -0.454 e. The lowest BCUT2D eigenvalue weighted by Gasteiger charge is -2.15. The Balaban J connectivity index is 1.35. The number of ether oxygens (including phenoxy) is 2. The first-order valence-corrected chi connectivity index (χ1v) is 13.3. The van der Waals surface area contributed by atoms with Gasteiger partial charge in [0.1, 0.15) is 12.6 Å². The number of aromatic nitrogens is 6. The molecule has 1 atom stereocenters. The van der Waals surface area contributed by atoms with Gasteiger partial charge in [-0.05, 0) is 24.2 Å². The molecular weight excluding hydrogens is 492 g/mol. The van der Waals surface area contributed by atoms with Gasteiger partial charge in [-0.3, -0.25) is 5.10 Å². The number of nitrogen functional groups attached to an aromatic ring is 1. The van der Waals surface area contributed by atoms with Gasteiger partial charge in [0, 0.05) is 30.4 Å². The Bertz CT molecular complexity index is 1480. The molecule has 4 heterocycles. The van der Waals surface area contributed by atoms with E-state index in [2.05, 4.69) is 29.9 Å². The molecule has 0 amide bonds. The van der Waals surface area contributed by atoms with Gasteiger partial charge in [-0.15, -0.1) is 0 Å². The molecule has 1 aliphatic rings. The Morgan fingerprint density at radius 2 is 2.11 bits per heavy atom. The number of sulfonamides is 1. The van der Waals surface area contributed by atoms with Crippen LogP contribution in [0.5, 0.6) is 0 Å². The van der Waals surface area contributed by atoms with Gasteiger partial charge >= 0.3 is 0 Å². The molecule has 0 aliphatic carbocycles. The molecule has 0 fully saturated rings. The number of nitrogens with two attached hydrogens (primary N) is 1. The van der Waals surface area contributed by atoms with Gasteiger partial charge in [0.15, 0.2) is 22.1 Å². The summed E-state index contributed by atoms with van der Waals surface area (Å²) in [6.07, 6.45) is 5.61. The largest absolute Gasteiger partial charge is 0.454 e. The first-order chi connectivity index (χ1) is 16.9. The first kappa shape index (κ1) is 23.1. The van der Waals surface area contributed by atoms with Crippen LogP contribution in [0.2, 0.25) is 0 Å². The van der Waals surface area contributed by atoms with Crippen LogP contribution in [0.3, 0.4) is 0 Å². The molecule has 35 heavy (non-hydrogen) atoms. The van der Waals surface area contributed by atoms with Crippen LogP contribution in [0.4, 0.5) is 5.82 Å². The maximum absolute atomic E-state index is 11.4. The van der Waals surface area contributed by atoms with Gasteiger partial charge < -0.3 is 19.8 Å². The molecule has 0 saturated heterocycles. The van der Waals surface area contributed by atoms with Crippen molar-refractivity contribution in [3.05, 3.63) is 59.8 Å². The van der Waals surface area contributed by atoms with E-state index < -0.39 is 16.3 Å². The summed E-state index contributed by atoms with van der Waals surface area (Å²) in [6, 6.07) is 9.63. The van der Waals surface area contributed by atoms with Crippen LogP contribution in [0.25, 0.3) is 22.4 Å². The fourth-order valence-corrected chi connectivity index (χ4v) is 4.97. The zero-order chi connectivity index (χ0) is 24.4. The number of hydrogen-bond acceptors (Lipinski definition) is 10. The highest BCUT2D eigenvalue weighted by Gasteiger charge is 2.27. The molecule has 1 unspecified atom stereocenters. The monoisotopic (exact) mass is 514 g/mol. The molecule has 0 spiro atoms. The quantitative estimate of drug-likeness (QED) is 0.283. The first-order valence-electron chi connectivity index (χ1n) is 10.6. The molecule has 0 saturated carbocycles. The number of aryl methyl sites for hydroxylation is 1. The van der Waals surface area contributed by atoms with Crippen molar-refractivity contribution in [1.82, 2.24) is 34.4 Å². The van der Waals surface area contributed by atoms with Crippen LogP contribution in [-0.4, -0.2) is 50.9 Å². The molecule has 5 rings (SSSR count). The van der Waals surface area contributed by atoms with Crippen LogP contribution in [-0.2, 0) is 26.0 Å². The van der Waals surface area contributed by atoms with E-state index >= 15 is 0 Å². The summed E-state index contributed by atoms with van der Waals surface area (Å²) >= 11 is 1.26. The zero-order valence-electron chi connectivity index (χ0n) is 18.6. The molecular formula is C21H22N8O4S2. The molecule has 14 heteroatoms. The number of hydrogen-bond donors (Lipinski definition) is 3. The predicted octanol–water partition coefficient (Wildman–Crippen LogP) is 2.37. The summed E-state index contributed by atoms with van der Waals surface area (Å²) in [5.74, 6) is 0.258.